The Labute approximate surface area is 113 Å². The number of nitrogens with zero attached hydrogens (tertiary/aromatic N) is 1. The van der Waals surface area contributed by atoms with Crippen LogP contribution in [0.15, 0.2) is 12.1 Å². The van der Waals surface area contributed by atoms with Crippen LogP contribution >= 0.6 is 0 Å². The predicted molar refractivity (Wildman–Crippen MR) is 75.8 cm³/mol. The van der Waals surface area contributed by atoms with Gasteiger partial charge in [-0.2, -0.15) is 4.98 Å². The number of nitrogens with one attached hydrogen (secondary N) is 2. The van der Waals surface area contributed by atoms with Crippen molar-refractivity contribution in [1.29, 1.82) is 0 Å². The molecular weight excluding hydrogens is 268 g/mol. The predicted octanol–water partition coefficient (Wildman–Crippen LogP) is 0.414. The van der Waals surface area contributed by atoms with Gasteiger partial charge < -0.3 is 15.8 Å². The molecule has 1 heterocycles. The van der Waals surface area contributed by atoms with E-state index in [0.29, 0.717) is 43.5 Å². The van der Waals surface area contributed by atoms with Gasteiger partial charge in [-0.3, -0.25) is 0 Å². The molecule has 7 nitrogen and oxygen atoms in total. The van der Waals surface area contributed by atoms with Gasteiger partial charge in [0.05, 0.1) is 18.6 Å². The average Bonchev–Trinajstić information content (AvgIpc) is 2.31. The van der Waals surface area contributed by atoms with Crippen LogP contribution in [0, 0.1) is 0 Å². The fourth-order valence-electron chi connectivity index (χ4n) is 1.36. The number of anilines is 2. The molecule has 4 N–H and O–H groups in total. The summed E-state index contributed by atoms with van der Waals surface area (Å²) in [5.41, 5.74) is 6.20. The molecule has 108 valence electrons. The molecule has 0 aromatic carbocycles. The molecule has 0 aliphatic heterocycles. The van der Waals surface area contributed by atoms with Gasteiger partial charge in [0.2, 0.25) is 15.9 Å². The van der Waals surface area contributed by atoms with Gasteiger partial charge in [0.15, 0.2) is 0 Å². The Kier molecular flexibility index (Phi) is 5.84. The third-order valence-electron chi connectivity index (χ3n) is 2.19. The molecular formula is C11H20N4O3S. The van der Waals surface area contributed by atoms with Crippen molar-refractivity contribution >= 4 is 21.5 Å². The molecule has 8 heteroatoms. The molecule has 0 unspecified atom stereocenters. The third kappa shape index (κ3) is 6.25. The van der Waals surface area contributed by atoms with E-state index in [9.17, 15) is 8.42 Å². The van der Waals surface area contributed by atoms with E-state index in [1.807, 2.05) is 6.92 Å². The molecule has 0 saturated carbocycles. The Hall–Kier alpha value is -1.54. The van der Waals surface area contributed by atoms with Crippen LogP contribution < -0.4 is 20.5 Å². The Bertz CT molecular complexity index is 505. The monoisotopic (exact) mass is 288 g/mol. The topological polar surface area (TPSA) is 106 Å². The summed E-state index contributed by atoms with van der Waals surface area (Å²) in [6, 6.07) is 3.47. The molecule has 0 aliphatic rings. The highest BCUT2D eigenvalue weighted by Crippen LogP contribution is 2.20. The molecule has 0 bridgehead atoms. The van der Waals surface area contributed by atoms with Crippen LogP contribution in [0.5, 0.6) is 5.88 Å². The Morgan fingerprint density at radius 2 is 2.11 bits per heavy atom. The normalized spacial score (nSPS) is 11.3. The zero-order chi connectivity index (χ0) is 14.3. The van der Waals surface area contributed by atoms with Gasteiger partial charge in [-0.1, -0.05) is 0 Å². The van der Waals surface area contributed by atoms with E-state index in [0.717, 1.165) is 6.26 Å². The van der Waals surface area contributed by atoms with Crippen molar-refractivity contribution in [3.8, 4) is 5.88 Å². The number of rotatable bonds is 8. The van der Waals surface area contributed by atoms with E-state index in [4.69, 9.17) is 10.5 Å². The van der Waals surface area contributed by atoms with E-state index < -0.39 is 10.0 Å². The van der Waals surface area contributed by atoms with E-state index in [2.05, 4.69) is 15.0 Å². The van der Waals surface area contributed by atoms with Gasteiger partial charge in [-0.25, -0.2) is 13.1 Å². The van der Waals surface area contributed by atoms with Crippen LogP contribution in [0.25, 0.3) is 0 Å². The number of nitrogen functional groups attached to an aromatic ring is 1. The summed E-state index contributed by atoms with van der Waals surface area (Å²) in [4.78, 5) is 4.21. The minimum Gasteiger partial charge on any atom is -0.476 e. The lowest BCUT2D eigenvalue weighted by Gasteiger charge is -2.09. The van der Waals surface area contributed by atoms with Crippen LogP contribution in [0.2, 0.25) is 0 Å². The zero-order valence-corrected chi connectivity index (χ0v) is 12.0. The number of nitrogens with two attached hydrogens (primary N) is 1. The van der Waals surface area contributed by atoms with Crippen molar-refractivity contribution in [2.45, 2.75) is 13.3 Å². The molecule has 0 aliphatic carbocycles. The largest absolute Gasteiger partial charge is 0.476 e. The van der Waals surface area contributed by atoms with E-state index in [1.54, 1.807) is 12.1 Å². The first-order valence-corrected chi connectivity index (χ1v) is 7.89. The Morgan fingerprint density at radius 1 is 1.37 bits per heavy atom. The summed E-state index contributed by atoms with van der Waals surface area (Å²) >= 11 is 0. The highest BCUT2D eigenvalue weighted by Gasteiger charge is 2.03. The van der Waals surface area contributed by atoms with Crippen molar-refractivity contribution in [3.05, 3.63) is 12.1 Å². The van der Waals surface area contributed by atoms with Gasteiger partial charge in [0, 0.05) is 13.1 Å². The molecule has 0 radical (unpaired) electrons. The van der Waals surface area contributed by atoms with Gasteiger partial charge in [0.1, 0.15) is 5.82 Å². The highest BCUT2D eigenvalue weighted by atomic mass is 32.2. The number of pyridine rings is 1. The standard InChI is InChI=1S/C11H20N4O3S/c1-3-18-11-9(12)5-6-10(15-11)13-7-4-8-14-19(2,16)17/h5-6,14H,3-4,7-8,12H2,1-2H3,(H,13,15). The lowest BCUT2D eigenvalue weighted by atomic mass is 10.3. The van der Waals surface area contributed by atoms with Crippen LogP contribution in [0.4, 0.5) is 11.5 Å². The van der Waals surface area contributed by atoms with Gasteiger partial charge in [-0.05, 0) is 25.5 Å². The van der Waals surface area contributed by atoms with E-state index in [-0.39, 0.29) is 0 Å². The average molecular weight is 288 g/mol. The maximum Gasteiger partial charge on any atom is 0.239 e. The maximum atomic E-state index is 10.8. The SMILES string of the molecule is CCOc1nc(NCCCNS(C)(=O)=O)ccc1N. The van der Waals surface area contributed by atoms with Crippen LogP contribution in [-0.4, -0.2) is 39.4 Å². The summed E-state index contributed by atoms with van der Waals surface area (Å²) in [5, 5.41) is 3.08. The van der Waals surface area contributed by atoms with Crippen molar-refractivity contribution in [3.63, 3.8) is 0 Å². The fraction of sp³-hybridized carbons (Fsp3) is 0.545. The first-order chi connectivity index (χ1) is 8.92. The molecule has 1 rings (SSSR count). The highest BCUT2D eigenvalue weighted by molar-refractivity contribution is 7.88. The lowest BCUT2D eigenvalue weighted by molar-refractivity contribution is 0.329. The molecule has 1 aromatic rings. The van der Waals surface area contributed by atoms with Gasteiger partial charge in [0.25, 0.3) is 0 Å². The van der Waals surface area contributed by atoms with Crippen LogP contribution in [-0.2, 0) is 10.0 Å². The summed E-state index contributed by atoms with van der Waals surface area (Å²) in [7, 11) is -3.12. The van der Waals surface area contributed by atoms with Crippen LogP contribution in [0.1, 0.15) is 13.3 Å². The molecule has 0 fully saturated rings. The van der Waals surface area contributed by atoms with E-state index >= 15 is 0 Å². The number of sulfonamides is 1. The molecule has 0 saturated heterocycles. The second-order valence-electron chi connectivity index (χ2n) is 3.97. The minimum absolute atomic E-state index is 0.388. The summed E-state index contributed by atoms with van der Waals surface area (Å²) in [6.45, 7) is 3.35. The van der Waals surface area contributed by atoms with Crippen molar-refractivity contribution in [2.75, 3.05) is 37.0 Å². The summed E-state index contributed by atoms with van der Waals surface area (Å²) in [6.07, 6.45) is 1.79. The van der Waals surface area contributed by atoms with Crippen molar-refractivity contribution in [2.24, 2.45) is 0 Å². The molecule has 0 spiro atoms. The quantitative estimate of drug-likeness (QED) is 0.598. The number of aromatic nitrogens is 1. The Balaban J connectivity index is 2.39. The van der Waals surface area contributed by atoms with Gasteiger partial charge in [-0.15, -0.1) is 0 Å². The van der Waals surface area contributed by atoms with E-state index in [1.165, 1.54) is 0 Å². The molecule has 19 heavy (non-hydrogen) atoms. The minimum atomic E-state index is -3.12. The van der Waals surface area contributed by atoms with Crippen LogP contribution in [0.3, 0.4) is 0 Å². The Morgan fingerprint density at radius 3 is 2.74 bits per heavy atom. The second-order valence-corrected chi connectivity index (χ2v) is 5.80. The summed E-state index contributed by atoms with van der Waals surface area (Å²) < 4.78 is 29.4. The zero-order valence-electron chi connectivity index (χ0n) is 11.1. The van der Waals surface area contributed by atoms with Crippen molar-refractivity contribution < 1.29 is 13.2 Å². The van der Waals surface area contributed by atoms with Crippen molar-refractivity contribution in [1.82, 2.24) is 9.71 Å². The number of hydrogen-bond acceptors (Lipinski definition) is 6. The number of ether oxygens (including phenoxy) is 1. The second kappa shape index (κ2) is 7.15. The smallest absolute Gasteiger partial charge is 0.239 e. The maximum absolute atomic E-state index is 10.8. The fourth-order valence-corrected chi connectivity index (χ4v) is 1.88. The summed E-state index contributed by atoms with van der Waals surface area (Å²) in [5.74, 6) is 1.05. The molecule has 0 atom stereocenters. The van der Waals surface area contributed by atoms with Gasteiger partial charge >= 0.3 is 0 Å². The lowest BCUT2D eigenvalue weighted by Crippen LogP contribution is -2.24. The first kappa shape index (κ1) is 15.5. The first-order valence-electron chi connectivity index (χ1n) is 6.00. The molecule has 0 amide bonds. The third-order valence-corrected chi connectivity index (χ3v) is 2.92. The number of hydrogen-bond donors (Lipinski definition) is 3. The molecule has 1 aromatic heterocycles.